The predicted octanol–water partition coefficient (Wildman–Crippen LogP) is -14.3. The number of hydrogen-bond acceptors (Lipinski definition) is 32. The van der Waals surface area contributed by atoms with E-state index in [0.717, 1.165) is 0 Å². The fourth-order valence-corrected chi connectivity index (χ4v) is 8.79. The molecular weight excluding hydrogens is 984 g/mol. The first-order valence-electron chi connectivity index (χ1n) is 22.2. The number of rotatable bonds is 18. The number of aliphatic carboxylic acids is 1. The maximum atomic E-state index is 11.9. The third-order valence-electron chi connectivity index (χ3n) is 13.0. The monoisotopic (exact) mass is 1050 g/mol. The molecule has 0 unspecified atom stereocenters. The second-order valence-electron chi connectivity index (χ2n) is 17.8. The molecule has 21 N–H and O–H groups in total. The Bertz CT molecular complexity index is 1670. The van der Waals surface area contributed by atoms with Crippen molar-refractivity contribution in [3.8, 4) is 0 Å². The van der Waals surface area contributed by atoms with Crippen LogP contribution in [-0.2, 0) is 56.9 Å². The Morgan fingerprint density at radius 1 is 0.465 bits per heavy atom. The van der Waals surface area contributed by atoms with E-state index in [1.807, 2.05) is 0 Å². The van der Waals surface area contributed by atoms with E-state index in [0.29, 0.717) is 0 Å². The second kappa shape index (κ2) is 24.5. The van der Waals surface area contributed by atoms with Crippen LogP contribution in [0.1, 0.15) is 6.42 Å². The van der Waals surface area contributed by atoms with Gasteiger partial charge in [0.2, 0.25) is 0 Å². The van der Waals surface area contributed by atoms with Crippen LogP contribution in [0.5, 0.6) is 0 Å². The van der Waals surface area contributed by atoms with Crippen molar-refractivity contribution in [1.82, 2.24) is 0 Å². The highest BCUT2D eigenvalue weighted by Gasteiger charge is 2.59. The molecule has 6 aliphatic heterocycles. The summed E-state index contributed by atoms with van der Waals surface area (Å²) in [5, 5.41) is 222. The third-order valence-corrected chi connectivity index (χ3v) is 13.0. The van der Waals surface area contributed by atoms with E-state index in [4.69, 9.17) is 52.1 Å². The molecule has 0 spiro atoms. The number of hydrogen-bond donors (Lipinski definition) is 21. The van der Waals surface area contributed by atoms with Crippen LogP contribution >= 0.6 is 0 Å². The maximum Gasteiger partial charge on any atom is 0.364 e. The summed E-state index contributed by atoms with van der Waals surface area (Å²) in [5.41, 5.74) is 0. The zero-order chi connectivity index (χ0) is 52.5. The maximum absolute atomic E-state index is 11.9. The van der Waals surface area contributed by atoms with Gasteiger partial charge >= 0.3 is 5.97 Å². The van der Waals surface area contributed by atoms with E-state index in [2.05, 4.69) is 0 Å². The molecule has 6 heterocycles. The van der Waals surface area contributed by atoms with Crippen molar-refractivity contribution in [2.24, 2.45) is 0 Å². The predicted molar refractivity (Wildman–Crippen MR) is 210 cm³/mol. The Morgan fingerprint density at radius 3 is 1.31 bits per heavy atom. The van der Waals surface area contributed by atoms with Crippen LogP contribution in [0.15, 0.2) is 0 Å². The molecule has 6 fully saturated rings. The number of carboxylic acids is 1. The Morgan fingerprint density at radius 2 is 0.845 bits per heavy atom. The largest absolute Gasteiger partial charge is 0.477 e. The van der Waals surface area contributed by atoms with Gasteiger partial charge in [-0.15, -0.1) is 0 Å². The Labute approximate surface area is 399 Å². The van der Waals surface area contributed by atoms with Crippen LogP contribution in [0.4, 0.5) is 0 Å². The van der Waals surface area contributed by atoms with E-state index in [-0.39, 0.29) is 0 Å². The molecule has 0 amide bonds. The van der Waals surface area contributed by atoms with Crippen LogP contribution < -0.4 is 0 Å². The van der Waals surface area contributed by atoms with Crippen molar-refractivity contribution in [2.45, 2.75) is 190 Å². The number of carboxylic acid groups (broad SMARTS) is 1. The molecule has 0 aromatic heterocycles. The Balaban J connectivity index is 1.33. The van der Waals surface area contributed by atoms with Gasteiger partial charge in [0.05, 0.1) is 45.7 Å². The highest BCUT2D eigenvalue weighted by atomic mass is 16.8. The van der Waals surface area contributed by atoms with Crippen molar-refractivity contribution >= 4 is 5.97 Å². The van der Waals surface area contributed by atoms with E-state index < -0.39 is 236 Å². The molecule has 33 heteroatoms. The lowest BCUT2D eigenvalue weighted by Crippen LogP contribution is -2.69. The molecule has 414 valence electrons. The average molecular weight is 1050 g/mol. The molecule has 33 nitrogen and oxygen atoms in total. The minimum absolute atomic E-state index is 0.901. The standard InChI is InChI=1S/C38H64O33/c39-2-9(45)28-27(8(44)1-38(60,71-28)37(58)59)67-34-26(57)29(19(50)14(66-34)7-61-32-24(55)20(51)15(46)10(3-40)62-32)68-35-31(23(54)18(49)12(5-42)64-35)70-36-30(22(53)17(48)13(6-43)65-36)69-33-25(56)21(52)16(47)11(4-41)63-33/h8-36,39-57,60H,1-7H2,(H,58,59)/t8-,9-,10-,11-,12-,13-,14-,15-,16-,17-,18-,19-,20+,21+,22+,23+,24+,25+,26+,27-,28-,29+,30+,31+,32+,33-,34-,35-,36-,38-/m1/s1. The number of aliphatic hydroxyl groups is 20. The Kier molecular flexibility index (Phi) is 20.2. The lowest BCUT2D eigenvalue weighted by Gasteiger charge is -2.50. The molecular formula is C38H64O33. The fourth-order valence-electron chi connectivity index (χ4n) is 8.79. The number of ether oxygens (including phenoxy) is 11. The van der Waals surface area contributed by atoms with Gasteiger partial charge in [-0.3, -0.25) is 0 Å². The summed E-state index contributed by atoms with van der Waals surface area (Å²) < 4.78 is 61.8. The van der Waals surface area contributed by atoms with Crippen LogP contribution in [-0.4, -0.2) is 337 Å². The van der Waals surface area contributed by atoms with Crippen molar-refractivity contribution < 1.29 is 164 Å². The summed E-state index contributed by atoms with van der Waals surface area (Å²) in [6, 6.07) is 0. The molecule has 0 aromatic carbocycles. The lowest BCUT2D eigenvalue weighted by atomic mass is 9.92. The van der Waals surface area contributed by atoms with Gasteiger partial charge in [0.25, 0.3) is 5.79 Å². The molecule has 6 aliphatic rings. The molecule has 0 bridgehead atoms. The molecule has 0 aromatic rings. The van der Waals surface area contributed by atoms with Crippen LogP contribution in [0.2, 0.25) is 0 Å². The van der Waals surface area contributed by atoms with E-state index in [9.17, 15) is 112 Å². The van der Waals surface area contributed by atoms with Gasteiger partial charge in [-0.25, -0.2) is 4.79 Å². The summed E-state index contributed by atoms with van der Waals surface area (Å²) >= 11 is 0. The quantitative estimate of drug-likeness (QED) is 0.0606. The minimum atomic E-state index is -3.18. The van der Waals surface area contributed by atoms with Crippen molar-refractivity contribution in [2.75, 3.05) is 39.6 Å². The molecule has 71 heavy (non-hydrogen) atoms. The number of carbonyl (C=O) groups is 1. The zero-order valence-corrected chi connectivity index (χ0v) is 37.0. The first-order chi connectivity index (χ1) is 33.5. The van der Waals surface area contributed by atoms with Gasteiger partial charge in [-0.1, -0.05) is 0 Å². The van der Waals surface area contributed by atoms with Gasteiger partial charge in [0, 0.05) is 6.42 Å². The summed E-state index contributed by atoms with van der Waals surface area (Å²) in [6.07, 6.45) is -60.6. The molecule has 6 saturated heterocycles. The highest BCUT2D eigenvalue weighted by molar-refractivity contribution is 5.75. The van der Waals surface area contributed by atoms with E-state index in [1.54, 1.807) is 0 Å². The fraction of sp³-hybridized carbons (Fsp3) is 0.974. The highest BCUT2D eigenvalue weighted by Crippen LogP contribution is 2.38. The van der Waals surface area contributed by atoms with Gasteiger partial charge in [0.15, 0.2) is 31.5 Å². The topological polar surface area (TPSA) is 543 Å². The average Bonchev–Trinajstić information content (AvgIpc) is 3.34. The van der Waals surface area contributed by atoms with Gasteiger partial charge in [0.1, 0.15) is 140 Å². The van der Waals surface area contributed by atoms with Gasteiger partial charge in [-0.05, 0) is 0 Å². The molecule has 30 atom stereocenters. The second-order valence-corrected chi connectivity index (χ2v) is 17.8. The summed E-state index contributed by atoms with van der Waals surface area (Å²) in [5.74, 6) is -5.22. The van der Waals surface area contributed by atoms with E-state index in [1.165, 1.54) is 0 Å². The van der Waals surface area contributed by atoms with Crippen molar-refractivity contribution in [3.05, 3.63) is 0 Å². The van der Waals surface area contributed by atoms with E-state index >= 15 is 0 Å². The number of aliphatic hydroxyl groups excluding tert-OH is 19. The van der Waals surface area contributed by atoms with Gasteiger partial charge in [-0.2, -0.15) is 0 Å². The van der Waals surface area contributed by atoms with Crippen LogP contribution in [0, 0.1) is 0 Å². The van der Waals surface area contributed by atoms with Gasteiger partial charge < -0.3 is 159 Å². The molecule has 0 saturated carbocycles. The normalized spacial score (nSPS) is 51.4. The van der Waals surface area contributed by atoms with Crippen molar-refractivity contribution in [3.63, 3.8) is 0 Å². The molecule has 0 aliphatic carbocycles. The summed E-state index contributed by atoms with van der Waals surface area (Å²) in [4.78, 5) is 11.9. The van der Waals surface area contributed by atoms with Crippen LogP contribution in [0.3, 0.4) is 0 Å². The Hall–Kier alpha value is -1.77. The molecule has 0 radical (unpaired) electrons. The zero-order valence-electron chi connectivity index (χ0n) is 37.0. The summed E-state index contributed by atoms with van der Waals surface area (Å²) in [6.45, 7) is -6.14. The molecule has 6 rings (SSSR count). The van der Waals surface area contributed by atoms with Crippen LogP contribution in [0.25, 0.3) is 0 Å². The first-order valence-corrected chi connectivity index (χ1v) is 22.2. The lowest BCUT2D eigenvalue weighted by molar-refractivity contribution is -0.408. The third kappa shape index (κ3) is 12.1. The SMILES string of the molecule is O=C(O)[C@@]1(O)C[C@@H](O)[C@@H](O[C@H]2O[C@H](CO[C@H]3O[C@H](CO)[C@@H](O)[C@H](O)[C@@H]3O)[C@@H](O)[C@H](O[C@H]3O[C@H](CO)[C@@H](O)[C@H](O)[C@@H]3O[C@H]3O[C@H](CO)[C@@H](O)[C@H](O)[C@@H]3O[C@H]3O[C@H](CO)[C@@H](O)[C@H](O)[C@@H]3O)[C@@H]2O)[C@@H]([C@H](O)CO)O1. The summed E-state index contributed by atoms with van der Waals surface area (Å²) in [7, 11) is 0. The smallest absolute Gasteiger partial charge is 0.364 e. The first kappa shape index (κ1) is 58.5. The van der Waals surface area contributed by atoms with Crippen molar-refractivity contribution in [1.29, 1.82) is 0 Å². The minimum Gasteiger partial charge on any atom is -0.477 e.